The molecule has 2 aromatic rings. The summed E-state index contributed by atoms with van der Waals surface area (Å²) in [6.45, 7) is 1.82. The number of carboxylic acid groups (broad SMARTS) is 1. The van der Waals surface area contributed by atoms with E-state index in [-0.39, 0.29) is 17.4 Å². The second-order valence-electron chi connectivity index (χ2n) is 5.32. The fourth-order valence-electron chi connectivity index (χ4n) is 2.24. The van der Waals surface area contributed by atoms with Gasteiger partial charge in [0.2, 0.25) is 0 Å². The van der Waals surface area contributed by atoms with Crippen molar-refractivity contribution in [3.05, 3.63) is 71.3 Å². The third kappa shape index (κ3) is 4.89. The predicted molar refractivity (Wildman–Crippen MR) is 95.9 cm³/mol. The number of carboxylic acids is 1. The number of benzene rings is 2. The predicted octanol–water partition coefficient (Wildman–Crippen LogP) is 2.30. The van der Waals surface area contributed by atoms with Gasteiger partial charge in [-0.3, -0.25) is 10.1 Å². The fourth-order valence-corrected chi connectivity index (χ4v) is 2.48. The average Bonchev–Trinajstić information content (AvgIpc) is 2.55. The Morgan fingerprint density at radius 3 is 2.33 bits per heavy atom. The summed E-state index contributed by atoms with van der Waals surface area (Å²) in [5.74, 6) is -1.40. The van der Waals surface area contributed by atoms with Gasteiger partial charge in [-0.25, -0.2) is 4.79 Å². The molecule has 0 saturated heterocycles. The Kier molecular flexibility index (Phi) is 6.03. The molecule has 0 aliphatic rings. The van der Waals surface area contributed by atoms with E-state index in [0.717, 1.165) is 11.1 Å². The van der Waals surface area contributed by atoms with Crippen molar-refractivity contribution in [2.75, 3.05) is 0 Å². The van der Waals surface area contributed by atoms with Crippen LogP contribution in [0.1, 0.15) is 21.5 Å². The molecule has 0 aliphatic heterocycles. The van der Waals surface area contributed by atoms with Crippen LogP contribution in [0.15, 0.2) is 54.6 Å². The first-order chi connectivity index (χ1) is 11.5. The molecular formula is C18H18N2O3S. The first kappa shape index (κ1) is 17.6. The van der Waals surface area contributed by atoms with Crippen LogP contribution in [0.5, 0.6) is 0 Å². The molecule has 0 radical (unpaired) electrons. The van der Waals surface area contributed by atoms with Crippen LogP contribution in [-0.4, -0.2) is 28.1 Å². The van der Waals surface area contributed by atoms with Gasteiger partial charge in [0.15, 0.2) is 5.11 Å². The molecule has 0 fully saturated rings. The molecule has 0 spiro atoms. The van der Waals surface area contributed by atoms with Gasteiger partial charge in [-0.1, -0.05) is 48.5 Å². The highest BCUT2D eigenvalue weighted by molar-refractivity contribution is 7.80. The largest absolute Gasteiger partial charge is 0.480 e. The van der Waals surface area contributed by atoms with Crippen molar-refractivity contribution in [3.63, 3.8) is 0 Å². The van der Waals surface area contributed by atoms with Gasteiger partial charge in [0.25, 0.3) is 5.91 Å². The Hall–Kier alpha value is -2.73. The quantitative estimate of drug-likeness (QED) is 0.727. The van der Waals surface area contributed by atoms with Crippen molar-refractivity contribution in [1.82, 2.24) is 10.6 Å². The van der Waals surface area contributed by atoms with Gasteiger partial charge in [-0.15, -0.1) is 0 Å². The van der Waals surface area contributed by atoms with Crippen molar-refractivity contribution in [2.45, 2.75) is 19.4 Å². The maximum Gasteiger partial charge on any atom is 0.326 e. The zero-order valence-corrected chi connectivity index (χ0v) is 14.0. The van der Waals surface area contributed by atoms with E-state index in [4.69, 9.17) is 12.2 Å². The maximum absolute atomic E-state index is 12.2. The number of thiocarbonyl (C=S) groups is 1. The minimum Gasteiger partial charge on any atom is -0.480 e. The summed E-state index contributed by atoms with van der Waals surface area (Å²) in [6.07, 6.45) is 0.260. The number of nitrogens with one attached hydrogen (secondary N) is 2. The van der Waals surface area contributed by atoms with E-state index >= 15 is 0 Å². The summed E-state index contributed by atoms with van der Waals surface area (Å²) >= 11 is 5.08. The molecule has 0 bridgehead atoms. The number of hydrogen-bond donors (Lipinski definition) is 3. The lowest BCUT2D eigenvalue weighted by atomic mass is 10.1. The second-order valence-corrected chi connectivity index (χ2v) is 5.73. The lowest BCUT2D eigenvalue weighted by Crippen LogP contribution is -2.48. The number of aliphatic carboxylic acids is 1. The summed E-state index contributed by atoms with van der Waals surface area (Å²) in [5.41, 5.74) is 2.18. The van der Waals surface area contributed by atoms with E-state index in [9.17, 15) is 14.7 Å². The maximum atomic E-state index is 12.2. The Morgan fingerprint density at radius 1 is 1.08 bits per heavy atom. The topological polar surface area (TPSA) is 78.4 Å². The molecule has 1 atom stereocenters. The van der Waals surface area contributed by atoms with Crippen LogP contribution in [0.25, 0.3) is 0 Å². The molecule has 24 heavy (non-hydrogen) atoms. The van der Waals surface area contributed by atoms with Crippen LogP contribution in [0.4, 0.5) is 0 Å². The fraction of sp³-hybridized carbons (Fsp3) is 0.167. The van der Waals surface area contributed by atoms with Crippen LogP contribution in [-0.2, 0) is 11.2 Å². The SMILES string of the molecule is Cc1ccccc1C(=O)NC(=S)N[C@@H](Cc1ccccc1)C(=O)O. The smallest absolute Gasteiger partial charge is 0.326 e. The van der Waals surface area contributed by atoms with Gasteiger partial charge in [0.1, 0.15) is 6.04 Å². The summed E-state index contributed by atoms with van der Waals surface area (Å²) in [5, 5.41) is 14.5. The highest BCUT2D eigenvalue weighted by atomic mass is 32.1. The van der Waals surface area contributed by atoms with Gasteiger partial charge < -0.3 is 10.4 Å². The van der Waals surface area contributed by atoms with Crippen molar-refractivity contribution in [3.8, 4) is 0 Å². The monoisotopic (exact) mass is 342 g/mol. The van der Waals surface area contributed by atoms with Crippen LogP contribution in [0.2, 0.25) is 0 Å². The minimum absolute atomic E-state index is 0.00779. The Labute approximate surface area is 145 Å². The summed E-state index contributed by atoms with van der Waals surface area (Å²) in [7, 11) is 0. The van der Waals surface area contributed by atoms with Crippen LogP contribution in [0, 0.1) is 6.92 Å². The van der Waals surface area contributed by atoms with Crippen LogP contribution < -0.4 is 10.6 Å². The van der Waals surface area contributed by atoms with Crippen molar-refractivity contribution >= 4 is 29.2 Å². The second kappa shape index (κ2) is 8.21. The molecule has 124 valence electrons. The van der Waals surface area contributed by atoms with Crippen LogP contribution >= 0.6 is 12.2 Å². The molecule has 0 aromatic heterocycles. The summed E-state index contributed by atoms with van der Waals surface area (Å²) in [6, 6.07) is 15.4. The van der Waals surface area contributed by atoms with Gasteiger partial charge >= 0.3 is 5.97 Å². The van der Waals surface area contributed by atoms with E-state index in [0.29, 0.717) is 5.56 Å². The Morgan fingerprint density at radius 2 is 1.71 bits per heavy atom. The molecule has 0 unspecified atom stereocenters. The van der Waals surface area contributed by atoms with Gasteiger partial charge in [0.05, 0.1) is 0 Å². The normalized spacial score (nSPS) is 11.4. The number of carbonyl (C=O) groups excluding carboxylic acids is 1. The molecule has 6 heteroatoms. The lowest BCUT2D eigenvalue weighted by molar-refractivity contribution is -0.139. The number of hydrogen-bond acceptors (Lipinski definition) is 3. The number of carbonyl (C=O) groups is 2. The molecule has 2 aromatic carbocycles. The molecule has 1 amide bonds. The lowest BCUT2D eigenvalue weighted by Gasteiger charge is -2.17. The van der Waals surface area contributed by atoms with Crippen molar-refractivity contribution in [2.24, 2.45) is 0 Å². The molecule has 0 saturated carbocycles. The zero-order chi connectivity index (χ0) is 17.5. The first-order valence-electron chi connectivity index (χ1n) is 7.41. The average molecular weight is 342 g/mol. The zero-order valence-electron chi connectivity index (χ0n) is 13.2. The minimum atomic E-state index is -1.04. The van der Waals surface area contributed by atoms with Gasteiger partial charge in [-0.05, 0) is 36.3 Å². The van der Waals surface area contributed by atoms with E-state index in [1.54, 1.807) is 12.1 Å². The number of rotatable bonds is 5. The molecule has 3 N–H and O–H groups in total. The third-order valence-corrected chi connectivity index (χ3v) is 3.72. The van der Waals surface area contributed by atoms with Gasteiger partial charge in [-0.2, -0.15) is 0 Å². The number of amides is 1. The van der Waals surface area contributed by atoms with E-state index in [1.165, 1.54) is 0 Å². The highest BCUT2D eigenvalue weighted by Crippen LogP contribution is 2.07. The Balaban J connectivity index is 1.99. The van der Waals surface area contributed by atoms with Crippen molar-refractivity contribution < 1.29 is 14.7 Å². The standard InChI is InChI=1S/C18H18N2O3S/c1-12-7-5-6-10-14(12)16(21)20-18(24)19-15(17(22)23)11-13-8-3-2-4-9-13/h2-10,15H,11H2,1H3,(H,22,23)(H2,19,20,21,24)/t15-/m0/s1. The molecule has 5 nitrogen and oxygen atoms in total. The summed E-state index contributed by atoms with van der Waals surface area (Å²) in [4.78, 5) is 23.6. The van der Waals surface area contributed by atoms with E-state index in [1.807, 2.05) is 49.4 Å². The molecular weight excluding hydrogens is 324 g/mol. The van der Waals surface area contributed by atoms with Gasteiger partial charge in [0, 0.05) is 12.0 Å². The number of aryl methyl sites for hydroxylation is 1. The van der Waals surface area contributed by atoms with Crippen molar-refractivity contribution in [1.29, 1.82) is 0 Å². The first-order valence-corrected chi connectivity index (χ1v) is 7.82. The van der Waals surface area contributed by atoms with E-state index in [2.05, 4.69) is 10.6 Å². The molecule has 0 heterocycles. The summed E-state index contributed by atoms with van der Waals surface area (Å²) < 4.78 is 0. The third-order valence-electron chi connectivity index (χ3n) is 3.50. The van der Waals surface area contributed by atoms with E-state index < -0.39 is 12.0 Å². The Bertz CT molecular complexity index is 747. The molecule has 2 rings (SSSR count). The highest BCUT2D eigenvalue weighted by Gasteiger charge is 2.20. The van der Waals surface area contributed by atoms with Crippen LogP contribution in [0.3, 0.4) is 0 Å². The molecule has 0 aliphatic carbocycles.